The monoisotopic (exact) mass is 430 g/mol. The van der Waals surface area contributed by atoms with Gasteiger partial charge in [0, 0.05) is 18.2 Å². The number of hydrogen-bond donors (Lipinski definition) is 2. The fourth-order valence-corrected chi connectivity index (χ4v) is 3.68. The van der Waals surface area contributed by atoms with Crippen LogP contribution < -0.4 is 11.2 Å². The Bertz CT molecular complexity index is 1020. The number of aryl methyl sites for hydroxylation is 1. The van der Waals surface area contributed by atoms with Crippen LogP contribution in [0.15, 0.2) is 40.1 Å². The van der Waals surface area contributed by atoms with Gasteiger partial charge in [-0.2, -0.15) is 0 Å². The second-order valence-electron chi connectivity index (χ2n) is 8.60. The topological polar surface area (TPSA) is 111 Å². The number of nitrogens with one attached hydrogen (secondary N) is 1. The van der Waals surface area contributed by atoms with Crippen LogP contribution in [0.4, 0.5) is 0 Å². The van der Waals surface area contributed by atoms with E-state index in [1.165, 1.54) is 16.3 Å². The number of H-pyrrole nitrogens is 1. The van der Waals surface area contributed by atoms with Gasteiger partial charge in [-0.05, 0) is 37.3 Å². The highest BCUT2D eigenvalue weighted by Gasteiger charge is 2.36. The van der Waals surface area contributed by atoms with E-state index in [4.69, 9.17) is 9.47 Å². The van der Waals surface area contributed by atoms with Crippen LogP contribution in [-0.4, -0.2) is 39.4 Å². The van der Waals surface area contributed by atoms with Crippen molar-refractivity contribution in [2.24, 2.45) is 5.92 Å². The fourth-order valence-electron chi connectivity index (χ4n) is 3.68. The number of hydrogen-bond acceptors (Lipinski definition) is 6. The molecule has 1 unspecified atom stereocenters. The van der Waals surface area contributed by atoms with Crippen LogP contribution >= 0.6 is 0 Å². The summed E-state index contributed by atoms with van der Waals surface area (Å²) in [6, 6.07) is 7.92. The van der Waals surface area contributed by atoms with Crippen molar-refractivity contribution in [3.63, 3.8) is 0 Å². The number of aliphatic hydroxyl groups excluding tert-OH is 1. The summed E-state index contributed by atoms with van der Waals surface area (Å²) in [6.07, 6.45) is 0.136. The lowest BCUT2D eigenvalue weighted by Gasteiger charge is -2.18. The third-order valence-corrected chi connectivity index (χ3v) is 5.53. The Morgan fingerprint density at radius 3 is 2.58 bits per heavy atom. The summed E-state index contributed by atoms with van der Waals surface area (Å²) < 4.78 is 12.4. The summed E-state index contributed by atoms with van der Waals surface area (Å²) in [6.45, 7) is 7.55. The molecule has 0 aliphatic carbocycles. The van der Waals surface area contributed by atoms with Gasteiger partial charge in [0.05, 0.1) is 12.0 Å². The lowest BCUT2D eigenvalue weighted by Crippen LogP contribution is -2.33. The first kappa shape index (κ1) is 23.0. The average molecular weight is 431 g/mol. The van der Waals surface area contributed by atoms with Crippen LogP contribution in [0.3, 0.4) is 0 Å². The van der Waals surface area contributed by atoms with E-state index >= 15 is 0 Å². The summed E-state index contributed by atoms with van der Waals surface area (Å²) in [7, 11) is 0. The molecule has 1 aliphatic heterocycles. The molecule has 1 aromatic carbocycles. The number of aromatic nitrogens is 2. The van der Waals surface area contributed by atoms with Crippen molar-refractivity contribution in [1.29, 1.82) is 0 Å². The number of carbonyl (C=O) groups excluding carboxylic acids is 1. The molecule has 1 aliphatic rings. The first-order valence-electron chi connectivity index (χ1n) is 10.6. The SMILES string of the molecule is Cc1cn([C@H]2C[C@H](O)[C@@H](COC(=O)C(C)c3ccc(CC(C)C)cc3)O2)c(=O)[nH]c1=O. The Morgan fingerprint density at radius 2 is 1.94 bits per heavy atom. The minimum Gasteiger partial charge on any atom is -0.462 e. The van der Waals surface area contributed by atoms with Gasteiger partial charge in [0.15, 0.2) is 0 Å². The normalized spacial score (nSPS) is 21.9. The Balaban J connectivity index is 1.58. The molecule has 4 atom stereocenters. The first-order chi connectivity index (χ1) is 14.7. The molecule has 2 heterocycles. The van der Waals surface area contributed by atoms with E-state index in [9.17, 15) is 19.5 Å². The van der Waals surface area contributed by atoms with Gasteiger partial charge in [0.25, 0.3) is 5.56 Å². The van der Waals surface area contributed by atoms with Crippen LogP contribution in [0.25, 0.3) is 0 Å². The number of aromatic amines is 1. The molecule has 1 aromatic heterocycles. The van der Waals surface area contributed by atoms with E-state index < -0.39 is 41.6 Å². The summed E-state index contributed by atoms with van der Waals surface area (Å²) in [5.74, 6) is -0.300. The van der Waals surface area contributed by atoms with E-state index in [1.54, 1.807) is 13.8 Å². The molecule has 2 N–H and O–H groups in total. The van der Waals surface area contributed by atoms with Crippen molar-refractivity contribution in [3.8, 4) is 0 Å². The number of rotatable bonds is 7. The molecule has 2 aromatic rings. The van der Waals surface area contributed by atoms with Gasteiger partial charge in [0.1, 0.15) is 18.9 Å². The number of esters is 1. The van der Waals surface area contributed by atoms with E-state index in [0.29, 0.717) is 11.5 Å². The van der Waals surface area contributed by atoms with E-state index in [0.717, 1.165) is 12.0 Å². The molecule has 168 valence electrons. The summed E-state index contributed by atoms with van der Waals surface area (Å²) >= 11 is 0. The summed E-state index contributed by atoms with van der Waals surface area (Å²) in [5, 5.41) is 10.3. The molecular formula is C23H30N2O6. The van der Waals surface area contributed by atoms with Gasteiger partial charge in [-0.1, -0.05) is 38.1 Å². The lowest BCUT2D eigenvalue weighted by atomic mass is 9.97. The van der Waals surface area contributed by atoms with Crippen LogP contribution in [0, 0.1) is 12.8 Å². The van der Waals surface area contributed by atoms with Crippen molar-refractivity contribution >= 4 is 5.97 Å². The highest BCUT2D eigenvalue weighted by Crippen LogP contribution is 2.28. The molecule has 0 saturated carbocycles. The van der Waals surface area contributed by atoms with Crippen molar-refractivity contribution in [2.45, 2.75) is 64.9 Å². The molecule has 0 amide bonds. The maximum atomic E-state index is 12.5. The quantitative estimate of drug-likeness (QED) is 0.651. The summed E-state index contributed by atoms with van der Waals surface area (Å²) in [4.78, 5) is 38.3. The summed E-state index contributed by atoms with van der Waals surface area (Å²) in [5.41, 5.74) is 1.37. The van der Waals surface area contributed by atoms with E-state index in [-0.39, 0.29) is 13.0 Å². The molecule has 8 nitrogen and oxygen atoms in total. The number of carbonyl (C=O) groups is 1. The van der Waals surface area contributed by atoms with Crippen molar-refractivity contribution < 1.29 is 19.4 Å². The van der Waals surface area contributed by atoms with Crippen LogP contribution in [0.2, 0.25) is 0 Å². The average Bonchev–Trinajstić information content (AvgIpc) is 3.08. The van der Waals surface area contributed by atoms with Gasteiger partial charge in [0.2, 0.25) is 0 Å². The minimum absolute atomic E-state index is 0.122. The second kappa shape index (κ2) is 9.62. The van der Waals surface area contributed by atoms with E-state index in [1.807, 2.05) is 24.3 Å². The molecule has 1 saturated heterocycles. The maximum Gasteiger partial charge on any atom is 0.330 e. The molecule has 8 heteroatoms. The molecule has 0 spiro atoms. The minimum atomic E-state index is -0.900. The molecular weight excluding hydrogens is 400 g/mol. The highest BCUT2D eigenvalue weighted by atomic mass is 16.6. The largest absolute Gasteiger partial charge is 0.462 e. The number of ether oxygens (including phenoxy) is 2. The van der Waals surface area contributed by atoms with Crippen LogP contribution in [0.5, 0.6) is 0 Å². The predicted molar refractivity (Wildman–Crippen MR) is 115 cm³/mol. The van der Waals surface area contributed by atoms with Crippen LogP contribution in [-0.2, 0) is 20.7 Å². The van der Waals surface area contributed by atoms with Gasteiger partial charge < -0.3 is 14.6 Å². The van der Waals surface area contributed by atoms with Crippen molar-refractivity contribution in [3.05, 3.63) is 68.0 Å². The lowest BCUT2D eigenvalue weighted by molar-refractivity contribution is -0.151. The van der Waals surface area contributed by atoms with Gasteiger partial charge in [-0.25, -0.2) is 4.79 Å². The Labute approximate surface area is 180 Å². The Morgan fingerprint density at radius 1 is 1.26 bits per heavy atom. The van der Waals surface area contributed by atoms with Crippen molar-refractivity contribution in [2.75, 3.05) is 6.61 Å². The third-order valence-electron chi connectivity index (χ3n) is 5.53. The number of nitrogens with zero attached hydrogens (tertiary/aromatic N) is 1. The molecule has 0 radical (unpaired) electrons. The Kier molecular flexibility index (Phi) is 7.12. The molecule has 3 rings (SSSR count). The van der Waals surface area contributed by atoms with Gasteiger partial charge in [-0.3, -0.25) is 19.1 Å². The standard InChI is InChI=1S/C23H30N2O6/c1-13(2)9-16-5-7-17(8-6-16)15(4)22(28)30-12-19-18(26)10-20(31-19)25-11-14(3)21(27)24-23(25)29/h5-8,11,13,15,18-20,26H,9-10,12H2,1-4H3,(H,24,27,29)/t15?,18-,19+,20+/m0/s1. The number of aliphatic hydroxyl groups is 1. The van der Waals surface area contributed by atoms with Gasteiger partial charge >= 0.3 is 11.7 Å². The molecule has 1 fully saturated rings. The highest BCUT2D eigenvalue weighted by molar-refractivity contribution is 5.77. The van der Waals surface area contributed by atoms with Crippen molar-refractivity contribution in [1.82, 2.24) is 9.55 Å². The molecule has 31 heavy (non-hydrogen) atoms. The maximum absolute atomic E-state index is 12.5. The third kappa shape index (κ3) is 5.51. The number of benzene rings is 1. The zero-order chi connectivity index (χ0) is 22.7. The molecule has 0 bridgehead atoms. The zero-order valence-corrected chi connectivity index (χ0v) is 18.3. The van der Waals surface area contributed by atoms with Crippen LogP contribution in [0.1, 0.15) is 56.0 Å². The fraction of sp³-hybridized carbons (Fsp3) is 0.522. The van der Waals surface area contributed by atoms with E-state index in [2.05, 4.69) is 18.8 Å². The van der Waals surface area contributed by atoms with Gasteiger partial charge in [-0.15, -0.1) is 0 Å². The zero-order valence-electron chi connectivity index (χ0n) is 18.3. The first-order valence-corrected chi connectivity index (χ1v) is 10.6. The predicted octanol–water partition coefficient (Wildman–Crippen LogP) is 2.04. The Hall–Kier alpha value is -2.71. The second-order valence-corrected chi connectivity index (χ2v) is 8.60. The smallest absolute Gasteiger partial charge is 0.330 e.